The van der Waals surface area contributed by atoms with Crippen molar-refractivity contribution in [2.75, 3.05) is 21.3 Å². The normalized spacial score (nSPS) is 10.3. The fraction of sp³-hybridized carbons (Fsp3) is 0.278. The molecule has 0 unspecified atom stereocenters. The van der Waals surface area contributed by atoms with Crippen molar-refractivity contribution in [2.24, 2.45) is 0 Å². The Bertz CT molecular complexity index is 738. The van der Waals surface area contributed by atoms with Gasteiger partial charge in [0.25, 0.3) is 0 Å². The van der Waals surface area contributed by atoms with E-state index in [1.165, 1.54) is 27.4 Å². The third-order valence-corrected chi connectivity index (χ3v) is 3.97. The van der Waals surface area contributed by atoms with E-state index in [0.717, 1.165) is 0 Å². The predicted molar refractivity (Wildman–Crippen MR) is 93.7 cm³/mol. The molecule has 25 heavy (non-hydrogen) atoms. The summed E-state index contributed by atoms with van der Waals surface area (Å²) in [6, 6.07) is 7.91. The molecule has 134 valence electrons. The molecule has 0 aromatic heterocycles. The van der Waals surface area contributed by atoms with Crippen molar-refractivity contribution in [1.29, 1.82) is 0 Å². The smallest absolute Gasteiger partial charge is 0.310 e. The maximum atomic E-state index is 13.7. The Labute approximate surface area is 153 Å². The van der Waals surface area contributed by atoms with Crippen LogP contribution in [0.4, 0.5) is 4.39 Å². The van der Waals surface area contributed by atoms with Crippen LogP contribution in [0.5, 0.6) is 17.2 Å². The first kappa shape index (κ1) is 19.1. The number of rotatable bonds is 7. The van der Waals surface area contributed by atoms with Crippen LogP contribution < -0.4 is 14.2 Å². The van der Waals surface area contributed by atoms with Crippen molar-refractivity contribution in [3.05, 3.63) is 51.7 Å². The van der Waals surface area contributed by atoms with Gasteiger partial charge in [-0.1, -0.05) is 22.0 Å². The van der Waals surface area contributed by atoms with Gasteiger partial charge in [0, 0.05) is 10.0 Å². The zero-order valence-corrected chi connectivity index (χ0v) is 15.7. The maximum absolute atomic E-state index is 13.7. The van der Waals surface area contributed by atoms with Gasteiger partial charge >= 0.3 is 5.97 Å². The SMILES string of the molecule is COc1cc(CC(=O)OCc2ccc(Br)cc2F)cc(OC)c1OC. The number of ether oxygens (including phenoxy) is 4. The summed E-state index contributed by atoms with van der Waals surface area (Å²) in [5, 5.41) is 0. The molecule has 0 aliphatic heterocycles. The molecule has 0 heterocycles. The van der Waals surface area contributed by atoms with Gasteiger partial charge in [-0.15, -0.1) is 0 Å². The van der Waals surface area contributed by atoms with E-state index in [4.69, 9.17) is 18.9 Å². The summed E-state index contributed by atoms with van der Waals surface area (Å²) in [6.07, 6.45) is -0.00510. The third-order valence-electron chi connectivity index (χ3n) is 3.48. The number of carbonyl (C=O) groups excluding carboxylic acids is 1. The lowest BCUT2D eigenvalue weighted by molar-refractivity contribution is -0.144. The van der Waals surface area contributed by atoms with E-state index in [0.29, 0.717) is 32.8 Å². The number of methoxy groups -OCH3 is 3. The Hall–Kier alpha value is -2.28. The minimum absolute atomic E-state index is 0.00510. The highest BCUT2D eigenvalue weighted by Gasteiger charge is 2.16. The van der Waals surface area contributed by atoms with Crippen molar-refractivity contribution < 1.29 is 28.1 Å². The van der Waals surface area contributed by atoms with Crippen LogP contribution >= 0.6 is 15.9 Å². The summed E-state index contributed by atoms with van der Waals surface area (Å²) in [7, 11) is 4.49. The summed E-state index contributed by atoms with van der Waals surface area (Å²) in [5.74, 6) is 0.415. The Balaban J connectivity index is 2.07. The first-order chi connectivity index (χ1) is 12.0. The number of hydrogen-bond acceptors (Lipinski definition) is 5. The van der Waals surface area contributed by atoms with E-state index in [1.54, 1.807) is 24.3 Å². The first-order valence-corrected chi connectivity index (χ1v) is 8.16. The van der Waals surface area contributed by atoms with Gasteiger partial charge in [-0.25, -0.2) is 4.39 Å². The Kier molecular flexibility index (Phi) is 6.64. The second-order valence-electron chi connectivity index (χ2n) is 5.11. The van der Waals surface area contributed by atoms with E-state index in [9.17, 15) is 9.18 Å². The van der Waals surface area contributed by atoms with Crippen LogP contribution in [0.1, 0.15) is 11.1 Å². The van der Waals surface area contributed by atoms with Crippen molar-refractivity contribution in [2.45, 2.75) is 13.0 Å². The Morgan fingerprint density at radius 2 is 1.68 bits per heavy atom. The van der Waals surface area contributed by atoms with Gasteiger partial charge in [-0.05, 0) is 29.8 Å². The fourth-order valence-electron chi connectivity index (χ4n) is 2.25. The molecule has 0 saturated heterocycles. The lowest BCUT2D eigenvalue weighted by Crippen LogP contribution is -2.09. The molecule has 0 atom stereocenters. The number of halogens is 2. The van der Waals surface area contributed by atoms with E-state index in [2.05, 4.69) is 15.9 Å². The van der Waals surface area contributed by atoms with Crippen LogP contribution in [0.15, 0.2) is 34.8 Å². The summed E-state index contributed by atoms with van der Waals surface area (Å²) >= 11 is 3.18. The minimum atomic E-state index is -0.489. The average Bonchev–Trinajstić information content (AvgIpc) is 2.60. The highest BCUT2D eigenvalue weighted by Crippen LogP contribution is 2.38. The molecule has 0 radical (unpaired) electrons. The molecule has 2 aromatic carbocycles. The number of hydrogen-bond donors (Lipinski definition) is 0. The largest absolute Gasteiger partial charge is 0.493 e. The number of esters is 1. The Morgan fingerprint density at radius 3 is 2.20 bits per heavy atom. The fourth-order valence-corrected chi connectivity index (χ4v) is 2.59. The molecule has 0 saturated carbocycles. The van der Waals surface area contributed by atoms with E-state index in [-0.39, 0.29) is 13.0 Å². The topological polar surface area (TPSA) is 54.0 Å². The van der Waals surface area contributed by atoms with E-state index < -0.39 is 11.8 Å². The zero-order chi connectivity index (χ0) is 18.4. The summed E-state index contributed by atoms with van der Waals surface area (Å²) in [4.78, 5) is 12.1. The van der Waals surface area contributed by atoms with Crippen LogP contribution in [0.3, 0.4) is 0 Å². The monoisotopic (exact) mass is 412 g/mol. The molecule has 0 amide bonds. The Morgan fingerprint density at radius 1 is 1.04 bits per heavy atom. The molecule has 0 spiro atoms. The number of benzene rings is 2. The van der Waals surface area contributed by atoms with Crippen LogP contribution in [0.25, 0.3) is 0 Å². The number of carbonyl (C=O) groups is 1. The minimum Gasteiger partial charge on any atom is -0.493 e. The van der Waals surface area contributed by atoms with Gasteiger partial charge in [0.1, 0.15) is 12.4 Å². The molecule has 5 nitrogen and oxygen atoms in total. The molecule has 0 fully saturated rings. The molecule has 2 aromatic rings. The van der Waals surface area contributed by atoms with Crippen molar-refractivity contribution in [3.63, 3.8) is 0 Å². The maximum Gasteiger partial charge on any atom is 0.310 e. The quantitative estimate of drug-likeness (QED) is 0.645. The van der Waals surface area contributed by atoms with Crippen LogP contribution in [-0.2, 0) is 22.6 Å². The summed E-state index contributed by atoms with van der Waals surface area (Å²) in [6.45, 7) is -0.137. The lowest BCUT2D eigenvalue weighted by Gasteiger charge is -2.14. The summed E-state index contributed by atoms with van der Waals surface area (Å²) in [5.41, 5.74) is 0.942. The van der Waals surface area contributed by atoms with Gasteiger partial charge in [0.2, 0.25) is 5.75 Å². The van der Waals surface area contributed by atoms with Gasteiger partial charge in [-0.3, -0.25) is 4.79 Å². The molecule has 2 rings (SSSR count). The third kappa shape index (κ3) is 4.85. The second kappa shape index (κ2) is 8.71. The van der Waals surface area contributed by atoms with Crippen LogP contribution in [-0.4, -0.2) is 27.3 Å². The highest BCUT2D eigenvalue weighted by molar-refractivity contribution is 9.10. The van der Waals surface area contributed by atoms with E-state index in [1.807, 2.05) is 0 Å². The lowest BCUT2D eigenvalue weighted by atomic mass is 10.1. The van der Waals surface area contributed by atoms with Crippen molar-refractivity contribution in [3.8, 4) is 17.2 Å². The molecular formula is C18H18BrFO5. The second-order valence-corrected chi connectivity index (χ2v) is 6.02. The summed E-state index contributed by atoms with van der Waals surface area (Å²) < 4.78 is 35.2. The van der Waals surface area contributed by atoms with Gasteiger partial charge in [-0.2, -0.15) is 0 Å². The molecule has 7 heteroatoms. The molecule has 0 aliphatic carbocycles. The van der Waals surface area contributed by atoms with Gasteiger partial charge < -0.3 is 18.9 Å². The van der Waals surface area contributed by atoms with Crippen molar-refractivity contribution in [1.82, 2.24) is 0 Å². The van der Waals surface area contributed by atoms with Gasteiger partial charge in [0.15, 0.2) is 11.5 Å². The molecule has 0 bridgehead atoms. The standard InChI is InChI=1S/C18H18BrFO5/c1-22-15-6-11(7-16(23-2)18(15)24-3)8-17(21)25-10-12-4-5-13(19)9-14(12)20/h4-7,9H,8,10H2,1-3H3. The van der Waals surface area contributed by atoms with E-state index >= 15 is 0 Å². The van der Waals surface area contributed by atoms with Crippen molar-refractivity contribution >= 4 is 21.9 Å². The molecule has 0 aliphatic rings. The predicted octanol–water partition coefficient (Wildman–Crippen LogP) is 3.90. The highest BCUT2D eigenvalue weighted by atomic mass is 79.9. The van der Waals surface area contributed by atoms with Crippen LogP contribution in [0.2, 0.25) is 0 Å². The first-order valence-electron chi connectivity index (χ1n) is 7.37. The molecular weight excluding hydrogens is 395 g/mol. The van der Waals surface area contributed by atoms with Crippen LogP contribution in [0, 0.1) is 5.82 Å². The molecule has 0 N–H and O–H groups in total. The van der Waals surface area contributed by atoms with Gasteiger partial charge in [0.05, 0.1) is 27.8 Å². The zero-order valence-electron chi connectivity index (χ0n) is 14.1. The average molecular weight is 413 g/mol.